The molecule has 1 amide bonds. The number of nitrogens with two attached hydrogens (primary N) is 1. The first-order valence-corrected chi connectivity index (χ1v) is 12.9. The summed E-state index contributed by atoms with van der Waals surface area (Å²) in [6.45, 7) is 4.49. The molecule has 2 aromatic rings. The number of halogens is 2. The van der Waals surface area contributed by atoms with E-state index in [0.29, 0.717) is 43.5 Å². The standard InChI is InChI=1S/C19H17F2N5OS.C7H13NO3/c1-3-4-27-17-10-23-16(9-24-17)14(20)7-12-6-13(18(21)25-8-12)15-5-11(2)28-19(22)26-15;1-10-4-7-5-11-3-2-8(7)6-9/h1,6-11,15H,4-5H2,2H3,(H2,22,26);6-7H,2-5H2,1H3/b14-7-;. The first-order chi connectivity index (χ1) is 18.8. The Labute approximate surface area is 230 Å². The molecule has 208 valence electrons. The third kappa shape index (κ3) is 8.98. The highest BCUT2D eigenvalue weighted by Crippen LogP contribution is 2.34. The van der Waals surface area contributed by atoms with E-state index in [0.717, 1.165) is 6.41 Å². The molecular formula is C26H30F2N6O4S. The van der Waals surface area contributed by atoms with Crippen LogP contribution in [0.5, 0.6) is 5.88 Å². The van der Waals surface area contributed by atoms with E-state index in [2.05, 4.69) is 25.9 Å². The van der Waals surface area contributed by atoms with Crippen LogP contribution in [-0.4, -0.2) is 82.8 Å². The fourth-order valence-electron chi connectivity index (χ4n) is 3.79. The van der Waals surface area contributed by atoms with Gasteiger partial charge < -0.3 is 24.8 Å². The van der Waals surface area contributed by atoms with Crippen molar-refractivity contribution in [2.45, 2.75) is 30.7 Å². The second-order valence-electron chi connectivity index (χ2n) is 8.55. The largest absolute Gasteiger partial charge is 0.463 e. The number of nitrogens with zero attached hydrogens (tertiary/aromatic N) is 5. The summed E-state index contributed by atoms with van der Waals surface area (Å²) in [5.74, 6) is 1.20. The smallest absolute Gasteiger partial charge is 0.233 e. The normalized spacial score (nSPS) is 21.2. The van der Waals surface area contributed by atoms with Crippen LogP contribution in [0.3, 0.4) is 0 Å². The van der Waals surface area contributed by atoms with Crippen molar-refractivity contribution in [1.82, 2.24) is 19.9 Å². The molecule has 3 atom stereocenters. The van der Waals surface area contributed by atoms with Gasteiger partial charge in [-0.3, -0.25) is 9.79 Å². The van der Waals surface area contributed by atoms with E-state index in [4.69, 9.17) is 26.4 Å². The number of hydrogen-bond donors (Lipinski definition) is 1. The minimum absolute atomic E-state index is 0.00360. The summed E-state index contributed by atoms with van der Waals surface area (Å²) in [7, 11) is 1.62. The predicted molar refractivity (Wildman–Crippen MR) is 145 cm³/mol. The molecule has 0 radical (unpaired) electrons. The molecule has 0 aliphatic carbocycles. The lowest BCUT2D eigenvalue weighted by Crippen LogP contribution is -2.46. The summed E-state index contributed by atoms with van der Waals surface area (Å²) in [6, 6.07) is 1.17. The van der Waals surface area contributed by atoms with Crippen molar-refractivity contribution in [3.05, 3.63) is 47.4 Å². The first-order valence-electron chi connectivity index (χ1n) is 12.0. The molecule has 1 saturated heterocycles. The molecule has 0 spiro atoms. The molecule has 10 nitrogen and oxygen atoms in total. The number of ether oxygens (including phenoxy) is 3. The van der Waals surface area contributed by atoms with Gasteiger partial charge in [-0.2, -0.15) is 4.39 Å². The Morgan fingerprint density at radius 3 is 2.85 bits per heavy atom. The van der Waals surface area contributed by atoms with E-state index < -0.39 is 17.8 Å². The van der Waals surface area contributed by atoms with Crippen LogP contribution in [0.15, 0.2) is 29.6 Å². The van der Waals surface area contributed by atoms with Gasteiger partial charge in [0, 0.05) is 30.7 Å². The number of amides is 1. The Kier molecular flexibility index (Phi) is 11.6. The Morgan fingerprint density at radius 2 is 2.18 bits per heavy atom. The summed E-state index contributed by atoms with van der Waals surface area (Å²) in [5.41, 5.74) is 6.46. The van der Waals surface area contributed by atoms with Crippen molar-refractivity contribution >= 4 is 35.2 Å². The van der Waals surface area contributed by atoms with E-state index in [1.807, 2.05) is 6.92 Å². The zero-order chi connectivity index (χ0) is 28.2. The average molecular weight is 561 g/mol. The maximum Gasteiger partial charge on any atom is 0.233 e. The summed E-state index contributed by atoms with van der Waals surface area (Å²) < 4.78 is 44.0. The average Bonchev–Trinajstić information content (AvgIpc) is 2.93. The molecule has 4 rings (SSSR count). The number of hydrogen-bond acceptors (Lipinski definition) is 10. The molecule has 0 aromatic carbocycles. The Hall–Kier alpha value is -3.60. The monoisotopic (exact) mass is 560 g/mol. The van der Waals surface area contributed by atoms with Crippen molar-refractivity contribution in [3.8, 4) is 18.2 Å². The van der Waals surface area contributed by atoms with Gasteiger partial charge in [-0.1, -0.05) is 24.6 Å². The van der Waals surface area contributed by atoms with Gasteiger partial charge in [-0.15, -0.1) is 6.42 Å². The zero-order valence-electron chi connectivity index (χ0n) is 21.6. The van der Waals surface area contributed by atoms with E-state index in [1.54, 1.807) is 12.0 Å². The summed E-state index contributed by atoms with van der Waals surface area (Å²) >= 11 is 1.44. The number of pyridine rings is 1. The van der Waals surface area contributed by atoms with Gasteiger partial charge in [0.2, 0.25) is 18.2 Å². The maximum atomic E-state index is 14.5. The van der Waals surface area contributed by atoms with E-state index in [9.17, 15) is 13.6 Å². The summed E-state index contributed by atoms with van der Waals surface area (Å²) in [6.07, 6.45) is 11.5. The lowest BCUT2D eigenvalue weighted by atomic mass is 10.0. The van der Waals surface area contributed by atoms with Crippen LogP contribution in [0.2, 0.25) is 0 Å². The minimum Gasteiger partial charge on any atom is -0.463 e. The number of aromatic nitrogens is 3. The summed E-state index contributed by atoms with van der Waals surface area (Å²) in [4.78, 5) is 28.1. The Balaban J connectivity index is 0.000000320. The molecule has 4 heterocycles. The third-order valence-corrected chi connectivity index (χ3v) is 6.59. The molecule has 2 aliphatic heterocycles. The number of carbonyl (C=O) groups excluding carboxylic acids is 1. The van der Waals surface area contributed by atoms with Gasteiger partial charge in [0.1, 0.15) is 5.69 Å². The highest BCUT2D eigenvalue weighted by molar-refractivity contribution is 8.14. The van der Waals surface area contributed by atoms with Gasteiger partial charge in [0.15, 0.2) is 17.6 Å². The van der Waals surface area contributed by atoms with Crippen LogP contribution in [0, 0.1) is 18.3 Å². The number of aliphatic imine (C=N–C) groups is 1. The van der Waals surface area contributed by atoms with Crippen LogP contribution in [0.4, 0.5) is 8.78 Å². The maximum absolute atomic E-state index is 14.5. The lowest BCUT2D eigenvalue weighted by molar-refractivity contribution is -0.128. The Bertz CT molecular complexity index is 1210. The van der Waals surface area contributed by atoms with Gasteiger partial charge >= 0.3 is 0 Å². The number of morpholine rings is 1. The highest BCUT2D eigenvalue weighted by atomic mass is 32.2. The Morgan fingerprint density at radius 1 is 1.36 bits per heavy atom. The van der Waals surface area contributed by atoms with Crippen molar-refractivity contribution in [2.75, 3.05) is 40.1 Å². The topological polar surface area (TPSA) is 125 Å². The zero-order valence-corrected chi connectivity index (χ0v) is 22.4. The van der Waals surface area contributed by atoms with E-state index >= 15 is 0 Å². The second kappa shape index (κ2) is 15.1. The summed E-state index contributed by atoms with van der Waals surface area (Å²) in [5, 5.41) is 0.598. The van der Waals surface area contributed by atoms with Crippen molar-refractivity contribution in [2.24, 2.45) is 10.7 Å². The number of thioether (sulfide) groups is 1. The first kappa shape index (κ1) is 29.9. The second-order valence-corrected chi connectivity index (χ2v) is 10.0. The predicted octanol–water partition coefficient (Wildman–Crippen LogP) is 2.86. The third-order valence-electron chi connectivity index (χ3n) is 5.64. The molecule has 3 unspecified atom stereocenters. The van der Waals surface area contributed by atoms with Crippen LogP contribution in [0.25, 0.3) is 11.9 Å². The molecule has 2 N–H and O–H groups in total. The fraction of sp³-hybridized carbons (Fsp3) is 0.423. The molecular weight excluding hydrogens is 530 g/mol. The fourth-order valence-corrected chi connectivity index (χ4v) is 4.67. The number of methoxy groups -OCH3 is 1. The molecule has 0 saturated carbocycles. The van der Waals surface area contributed by atoms with Crippen LogP contribution >= 0.6 is 11.8 Å². The number of terminal acetylenes is 1. The van der Waals surface area contributed by atoms with Gasteiger partial charge in [0.05, 0.1) is 44.3 Å². The van der Waals surface area contributed by atoms with E-state index in [1.165, 1.54) is 42.5 Å². The SMILES string of the molecule is C#CCOc1cnc(/C(F)=C/c2cnc(F)c(C3CC(C)SC(N)=N3)c2)cn1.COCC1COCCN1C=O. The van der Waals surface area contributed by atoms with Crippen LogP contribution < -0.4 is 10.5 Å². The van der Waals surface area contributed by atoms with Crippen LogP contribution in [0.1, 0.15) is 36.2 Å². The molecule has 1 fully saturated rings. The van der Waals surface area contributed by atoms with Crippen molar-refractivity contribution in [3.63, 3.8) is 0 Å². The minimum atomic E-state index is -0.647. The quantitative estimate of drug-likeness (QED) is 0.295. The molecule has 0 bridgehead atoms. The highest BCUT2D eigenvalue weighted by Gasteiger charge is 2.25. The molecule has 2 aliphatic rings. The van der Waals surface area contributed by atoms with Crippen molar-refractivity contribution in [1.29, 1.82) is 0 Å². The van der Waals surface area contributed by atoms with Crippen molar-refractivity contribution < 1.29 is 27.8 Å². The van der Waals surface area contributed by atoms with Gasteiger partial charge in [-0.05, 0) is 24.1 Å². The molecule has 13 heteroatoms. The van der Waals surface area contributed by atoms with Gasteiger partial charge in [0.25, 0.3) is 0 Å². The van der Waals surface area contributed by atoms with Crippen LogP contribution in [-0.2, 0) is 14.3 Å². The number of carbonyl (C=O) groups is 1. The lowest BCUT2D eigenvalue weighted by Gasteiger charge is -2.31. The molecule has 2 aromatic heterocycles. The number of rotatable bonds is 8. The molecule has 39 heavy (non-hydrogen) atoms. The van der Waals surface area contributed by atoms with Gasteiger partial charge in [-0.25, -0.2) is 19.3 Å². The number of amidine groups is 1. The van der Waals surface area contributed by atoms with E-state index in [-0.39, 0.29) is 35.0 Å².